The van der Waals surface area contributed by atoms with Crippen molar-refractivity contribution in [1.29, 1.82) is 0 Å². The molecule has 2 fully saturated rings. The minimum atomic E-state index is -0.280. The van der Waals surface area contributed by atoms with Gasteiger partial charge in [0.05, 0.1) is 17.6 Å². The summed E-state index contributed by atoms with van der Waals surface area (Å²) in [7, 11) is 2.15. The Labute approximate surface area is 215 Å². The Bertz CT molecular complexity index is 1460. The van der Waals surface area contributed by atoms with Gasteiger partial charge in [-0.05, 0) is 87.7 Å². The summed E-state index contributed by atoms with van der Waals surface area (Å²) in [5.41, 5.74) is 5.78. The van der Waals surface area contributed by atoms with E-state index < -0.39 is 0 Å². The summed E-state index contributed by atoms with van der Waals surface area (Å²) in [4.78, 5) is 24.6. The van der Waals surface area contributed by atoms with E-state index in [2.05, 4.69) is 22.6 Å². The summed E-state index contributed by atoms with van der Waals surface area (Å²) in [6.45, 7) is 4.94. The fourth-order valence-corrected chi connectivity index (χ4v) is 5.08. The number of fused-ring (bicyclic) bond motifs is 1. The van der Waals surface area contributed by atoms with E-state index in [-0.39, 0.29) is 11.7 Å². The lowest BCUT2D eigenvalue weighted by Crippen LogP contribution is -2.26. The Hall–Kier alpha value is -3.78. The predicted molar refractivity (Wildman–Crippen MR) is 143 cm³/mol. The van der Waals surface area contributed by atoms with Gasteiger partial charge >= 0.3 is 0 Å². The zero-order valence-electron chi connectivity index (χ0n) is 21.2. The van der Waals surface area contributed by atoms with Gasteiger partial charge in [-0.25, -0.2) is 14.4 Å². The van der Waals surface area contributed by atoms with Gasteiger partial charge < -0.3 is 15.5 Å². The predicted octanol–water partition coefficient (Wildman–Crippen LogP) is 4.77. The summed E-state index contributed by atoms with van der Waals surface area (Å²) in [5, 5.41) is 6.62. The van der Waals surface area contributed by atoms with E-state index in [1.807, 2.05) is 41.9 Å². The molecule has 4 aromatic rings. The molecule has 1 atom stereocenters. The zero-order chi connectivity index (χ0) is 25.5. The molecular formula is C29H31FN6O. The second-order valence-electron chi connectivity index (χ2n) is 10.4. The van der Waals surface area contributed by atoms with Gasteiger partial charge in [-0.1, -0.05) is 6.07 Å². The highest BCUT2D eigenvalue weighted by Gasteiger charge is 2.25. The van der Waals surface area contributed by atoms with Crippen molar-refractivity contribution in [3.8, 4) is 22.5 Å². The molecule has 1 saturated carbocycles. The van der Waals surface area contributed by atoms with Gasteiger partial charge in [-0.3, -0.25) is 9.20 Å². The number of benzene rings is 2. The Balaban J connectivity index is 1.38. The van der Waals surface area contributed by atoms with Crippen LogP contribution >= 0.6 is 0 Å². The minimum absolute atomic E-state index is 0.0171. The molecule has 0 bridgehead atoms. The second kappa shape index (κ2) is 9.59. The van der Waals surface area contributed by atoms with Gasteiger partial charge in [0.1, 0.15) is 5.82 Å². The molecule has 8 heteroatoms. The van der Waals surface area contributed by atoms with Crippen LogP contribution in [0.2, 0.25) is 0 Å². The van der Waals surface area contributed by atoms with Gasteiger partial charge in [-0.2, -0.15) is 0 Å². The number of carbonyl (C=O) groups excluding carboxylic acids is 1. The molecule has 0 spiro atoms. The molecule has 37 heavy (non-hydrogen) atoms. The maximum atomic E-state index is 13.6. The van der Waals surface area contributed by atoms with Gasteiger partial charge in [0.2, 0.25) is 0 Å². The molecule has 2 aromatic heterocycles. The van der Waals surface area contributed by atoms with Crippen LogP contribution in [0.5, 0.6) is 0 Å². The number of aryl methyl sites for hydroxylation is 1. The number of carbonyl (C=O) groups is 1. The normalized spacial score (nSPS) is 17.9. The third-order valence-electron chi connectivity index (χ3n) is 7.36. The average molecular weight is 499 g/mol. The number of imidazole rings is 1. The monoisotopic (exact) mass is 498 g/mol. The number of anilines is 1. The summed E-state index contributed by atoms with van der Waals surface area (Å²) < 4.78 is 15.7. The summed E-state index contributed by atoms with van der Waals surface area (Å²) in [5.74, 6) is 0.960. The molecule has 2 aliphatic rings. The number of hydrogen-bond donors (Lipinski definition) is 2. The smallest absolute Gasteiger partial charge is 0.251 e. The van der Waals surface area contributed by atoms with E-state index in [0.717, 1.165) is 72.6 Å². The minimum Gasteiger partial charge on any atom is -0.367 e. The first-order valence-electron chi connectivity index (χ1n) is 12.9. The largest absolute Gasteiger partial charge is 0.367 e. The Morgan fingerprint density at radius 1 is 1.11 bits per heavy atom. The van der Waals surface area contributed by atoms with Crippen LogP contribution in [0, 0.1) is 18.7 Å². The zero-order valence-corrected chi connectivity index (χ0v) is 21.2. The number of rotatable bonds is 7. The van der Waals surface area contributed by atoms with Crippen LogP contribution in [0.25, 0.3) is 28.2 Å². The maximum absolute atomic E-state index is 13.6. The second-order valence-corrected chi connectivity index (χ2v) is 10.4. The van der Waals surface area contributed by atoms with Gasteiger partial charge in [0.15, 0.2) is 11.5 Å². The standard InChI is InChI=1S/C29H31FN6O/c1-18-13-21(5-10-24(18)29(37)33-23-8-9-23)26-15-32-28-27(31-14-19-11-12-35(2)16-19)34-25(17-36(26)28)20-3-6-22(30)7-4-20/h3-7,10,13,15,17,19,23H,8-9,11-12,14,16H2,1-2H3,(H,31,34)(H,33,37). The maximum Gasteiger partial charge on any atom is 0.251 e. The van der Waals surface area contributed by atoms with Crippen molar-refractivity contribution >= 4 is 17.4 Å². The fourth-order valence-electron chi connectivity index (χ4n) is 5.08. The quantitative estimate of drug-likeness (QED) is 0.384. The lowest BCUT2D eigenvalue weighted by atomic mass is 10.0. The molecule has 1 saturated heterocycles. The Kier molecular flexibility index (Phi) is 6.12. The number of halogens is 1. The molecule has 1 aliphatic heterocycles. The molecule has 1 aliphatic carbocycles. The number of nitrogens with zero attached hydrogens (tertiary/aromatic N) is 4. The number of aromatic nitrogens is 3. The van der Waals surface area contributed by atoms with Crippen LogP contribution in [0.15, 0.2) is 54.9 Å². The third kappa shape index (κ3) is 4.93. The first-order chi connectivity index (χ1) is 17.9. The number of likely N-dealkylation sites (tertiary alicyclic amines) is 1. The average Bonchev–Trinajstić information content (AvgIpc) is 3.43. The number of hydrogen-bond acceptors (Lipinski definition) is 5. The Morgan fingerprint density at radius 3 is 2.59 bits per heavy atom. The highest BCUT2D eigenvalue weighted by molar-refractivity contribution is 5.96. The van der Waals surface area contributed by atoms with E-state index in [9.17, 15) is 9.18 Å². The van der Waals surface area contributed by atoms with Crippen molar-refractivity contribution in [2.75, 3.05) is 32.0 Å². The van der Waals surface area contributed by atoms with E-state index in [1.165, 1.54) is 12.1 Å². The van der Waals surface area contributed by atoms with Crippen LogP contribution in [-0.2, 0) is 0 Å². The SMILES string of the molecule is Cc1cc(-c2cnc3c(NCC4CCN(C)C4)nc(-c4ccc(F)cc4)cn23)ccc1C(=O)NC1CC1. The first kappa shape index (κ1) is 23.6. The van der Waals surface area contributed by atoms with Gasteiger partial charge in [0, 0.05) is 42.0 Å². The molecule has 190 valence electrons. The third-order valence-corrected chi connectivity index (χ3v) is 7.36. The van der Waals surface area contributed by atoms with Crippen molar-refractivity contribution in [1.82, 2.24) is 24.6 Å². The lowest BCUT2D eigenvalue weighted by Gasteiger charge is -2.15. The van der Waals surface area contributed by atoms with Crippen LogP contribution in [0.3, 0.4) is 0 Å². The molecule has 7 nitrogen and oxygen atoms in total. The van der Waals surface area contributed by atoms with E-state index in [1.54, 1.807) is 12.1 Å². The van der Waals surface area contributed by atoms with Gasteiger partial charge in [0.25, 0.3) is 5.91 Å². The van der Waals surface area contributed by atoms with E-state index >= 15 is 0 Å². The van der Waals surface area contributed by atoms with E-state index in [0.29, 0.717) is 23.3 Å². The van der Waals surface area contributed by atoms with Crippen LogP contribution in [-0.4, -0.2) is 57.9 Å². The van der Waals surface area contributed by atoms with Gasteiger partial charge in [-0.15, -0.1) is 0 Å². The molecule has 2 aromatic carbocycles. The van der Waals surface area contributed by atoms with Crippen molar-refractivity contribution in [2.24, 2.45) is 5.92 Å². The molecule has 1 unspecified atom stereocenters. The van der Waals surface area contributed by atoms with E-state index in [4.69, 9.17) is 9.97 Å². The number of amides is 1. The Morgan fingerprint density at radius 2 is 1.89 bits per heavy atom. The van der Waals surface area contributed by atoms with Crippen LogP contribution in [0.4, 0.5) is 10.2 Å². The first-order valence-corrected chi connectivity index (χ1v) is 12.9. The van der Waals surface area contributed by atoms with Crippen molar-refractivity contribution < 1.29 is 9.18 Å². The van der Waals surface area contributed by atoms with Crippen molar-refractivity contribution in [3.05, 3.63) is 71.8 Å². The summed E-state index contributed by atoms with van der Waals surface area (Å²) in [6.07, 6.45) is 7.06. The lowest BCUT2D eigenvalue weighted by molar-refractivity contribution is 0.0950. The summed E-state index contributed by atoms with van der Waals surface area (Å²) >= 11 is 0. The fraction of sp³-hybridized carbons (Fsp3) is 0.345. The molecule has 3 heterocycles. The van der Waals surface area contributed by atoms with Crippen LogP contribution in [0.1, 0.15) is 35.2 Å². The number of nitrogens with one attached hydrogen (secondary N) is 2. The highest BCUT2D eigenvalue weighted by Crippen LogP contribution is 2.30. The molecular weight excluding hydrogens is 467 g/mol. The molecule has 6 rings (SSSR count). The highest BCUT2D eigenvalue weighted by atomic mass is 19.1. The topological polar surface area (TPSA) is 74.6 Å². The molecule has 0 radical (unpaired) electrons. The summed E-state index contributed by atoms with van der Waals surface area (Å²) in [6, 6.07) is 12.6. The molecule has 2 N–H and O–H groups in total. The van der Waals surface area contributed by atoms with Crippen molar-refractivity contribution in [3.63, 3.8) is 0 Å². The van der Waals surface area contributed by atoms with Crippen molar-refractivity contribution in [2.45, 2.75) is 32.2 Å². The molecule has 1 amide bonds. The van der Waals surface area contributed by atoms with Crippen LogP contribution < -0.4 is 10.6 Å².